The van der Waals surface area contributed by atoms with Crippen LogP contribution in [0.5, 0.6) is 0 Å². The van der Waals surface area contributed by atoms with E-state index >= 15 is 0 Å². The third-order valence-electron chi connectivity index (χ3n) is 3.78. The third-order valence-corrected chi connectivity index (χ3v) is 5.18. The Bertz CT molecular complexity index is 881. The van der Waals surface area contributed by atoms with Crippen LogP contribution in [-0.2, 0) is 6.18 Å². The second-order valence-electron chi connectivity index (χ2n) is 5.79. The van der Waals surface area contributed by atoms with Gasteiger partial charge in [-0.1, -0.05) is 11.6 Å². The molecule has 1 amide bonds. The molecule has 0 radical (unpaired) electrons. The number of aromatic nitrogens is 2. The lowest BCUT2D eigenvalue weighted by atomic mass is 10.1. The number of halogens is 4. The van der Waals surface area contributed by atoms with Gasteiger partial charge in [0.15, 0.2) is 5.78 Å². The predicted molar refractivity (Wildman–Crippen MR) is 97.6 cm³/mol. The van der Waals surface area contributed by atoms with Gasteiger partial charge in [-0.15, -0.1) is 11.8 Å². The average molecular weight is 420 g/mol. The first-order valence-corrected chi connectivity index (χ1v) is 9.22. The Balaban J connectivity index is 1.93. The molecular formula is C17H17ClF3N3O2S. The average Bonchev–Trinajstić information content (AvgIpc) is 2.86. The Morgan fingerprint density at radius 3 is 2.52 bits per heavy atom. The molecule has 146 valence electrons. The van der Waals surface area contributed by atoms with Crippen LogP contribution in [0, 0.1) is 13.8 Å². The summed E-state index contributed by atoms with van der Waals surface area (Å²) in [6.45, 7) is 5.09. The van der Waals surface area contributed by atoms with Crippen LogP contribution in [0.1, 0.15) is 44.6 Å². The van der Waals surface area contributed by atoms with Crippen molar-refractivity contribution in [2.75, 3.05) is 12.3 Å². The predicted octanol–water partition coefficient (Wildman–Crippen LogP) is 4.42. The fourth-order valence-electron chi connectivity index (χ4n) is 2.59. The van der Waals surface area contributed by atoms with Crippen molar-refractivity contribution in [1.29, 1.82) is 0 Å². The fraction of sp³-hybridized carbons (Fsp3) is 0.353. The number of amides is 1. The normalized spacial score (nSPS) is 11.5. The maximum atomic E-state index is 12.6. The highest BCUT2D eigenvalue weighted by Gasteiger charge is 2.31. The first kappa shape index (κ1) is 21.3. The minimum atomic E-state index is -4.50. The minimum Gasteiger partial charge on any atom is -0.354 e. The fourth-order valence-corrected chi connectivity index (χ4v) is 3.64. The number of Topliss-reactive ketones (excluding diaryl/α,β-unsaturated/α-hetero) is 1. The van der Waals surface area contributed by atoms with Gasteiger partial charge in [0.25, 0.3) is 5.91 Å². The van der Waals surface area contributed by atoms with Crippen molar-refractivity contribution < 1.29 is 22.8 Å². The summed E-state index contributed by atoms with van der Waals surface area (Å²) in [4.78, 5) is 30.5. The molecule has 10 heteroatoms. The molecule has 0 unspecified atom stereocenters. The number of carbonyl (C=O) groups excluding carboxylic acids is 2. The molecule has 2 aromatic heterocycles. The molecule has 0 bridgehead atoms. The molecule has 0 saturated heterocycles. The smallest absolute Gasteiger partial charge is 0.354 e. The van der Waals surface area contributed by atoms with Gasteiger partial charge in [-0.25, -0.2) is 4.98 Å². The topological polar surface area (TPSA) is 74.8 Å². The van der Waals surface area contributed by atoms with Gasteiger partial charge < -0.3 is 10.3 Å². The maximum Gasteiger partial charge on any atom is 0.417 e. The lowest BCUT2D eigenvalue weighted by Gasteiger charge is -2.09. The van der Waals surface area contributed by atoms with E-state index in [1.807, 2.05) is 0 Å². The van der Waals surface area contributed by atoms with Gasteiger partial charge in [0, 0.05) is 29.8 Å². The number of aryl methyl sites for hydroxylation is 1. The van der Waals surface area contributed by atoms with Crippen molar-refractivity contribution in [2.24, 2.45) is 0 Å². The Labute approximate surface area is 163 Å². The molecule has 0 aliphatic heterocycles. The number of alkyl halides is 3. The zero-order valence-corrected chi connectivity index (χ0v) is 16.3. The van der Waals surface area contributed by atoms with E-state index in [-0.39, 0.29) is 28.3 Å². The van der Waals surface area contributed by atoms with Crippen molar-refractivity contribution in [3.63, 3.8) is 0 Å². The first-order valence-electron chi connectivity index (χ1n) is 7.86. The SMILES string of the molecule is CC(=O)c1c(C)[nH]c(C(=O)NCCSc2ncc(C(F)(F)F)cc2Cl)c1C. The molecule has 0 fully saturated rings. The Hall–Kier alpha value is -2.00. The molecule has 2 heterocycles. The number of hydrogen-bond donors (Lipinski definition) is 2. The van der Waals surface area contributed by atoms with Gasteiger partial charge in [-0.2, -0.15) is 13.2 Å². The zero-order valence-electron chi connectivity index (χ0n) is 14.8. The van der Waals surface area contributed by atoms with Crippen molar-refractivity contribution in [3.8, 4) is 0 Å². The van der Waals surface area contributed by atoms with Crippen LogP contribution in [0.2, 0.25) is 5.02 Å². The Kier molecular flexibility index (Phi) is 6.59. The number of pyridine rings is 1. The van der Waals surface area contributed by atoms with Crippen molar-refractivity contribution in [1.82, 2.24) is 15.3 Å². The summed E-state index contributed by atoms with van der Waals surface area (Å²) in [5.41, 5.74) is 1.10. The number of rotatable bonds is 6. The van der Waals surface area contributed by atoms with E-state index in [1.54, 1.807) is 13.8 Å². The number of thioether (sulfide) groups is 1. The molecule has 2 rings (SSSR count). The maximum absolute atomic E-state index is 12.6. The standard InChI is InChI=1S/C17H17ClF3N3O2S/c1-8-13(10(3)25)9(2)24-14(8)15(26)22-4-5-27-16-12(18)6-11(7-23-16)17(19,20)21/h6-7,24H,4-5H2,1-3H3,(H,22,26). The summed E-state index contributed by atoms with van der Waals surface area (Å²) >= 11 is 6.97. The highest BCUT2D eigenvalue weighted by molar-refractivity contribution is 7.99. The summed E-state index contributed by atoms with van der Waals surface area (Å²) in [5.74, 6) is -0.128. The number of nitrogens with one attached hydrogen (secondary N) is 2. The molecule has 5 nitrogen and oxygen atoms in total. The molecule has 0 aromatic carbocycles. The number of aromatic amines is 1. The van der Waals surface area contributed by atoms with E-state index in [0.717, 1.165) is 24.0 Å². The summed E-state index contributed by atoms with van der Waals surface area (Å²) in [5, 5.41) is 2.85. The molecular weight excluding hydrogens is 403 g/mol. The van der Waals surface area contributed by atoms with E-state index in [9.17, 15) is 22.8 Å². The van der Waals surface area contributed by atoms with Crippen LogP contribution in [0.4, 0.5) is 13.2 Å². The summed E-state index contributed by atoms with van der Waals surface area (Å²) < 4.78 is 37.8. The summed E-state index contributed by atoms with van der Waals surface area (Å²) in [6.07, 6.45) is -3.78. The van der Waals surface area contributed by atoms with Gasteiger partial charge in [-0.3, -0.25) is 9.59 Å². The van der Waals surface area contributed by atoms with Crippen molar-refractivity contribution in [3.05, 3.63) is 45.4 Å². The van der Waals surface area contributed by atoms with Crippen LogP contribution in [0.25, 0.3) is 0 Å². The zero-order chi connectivity index (χ0) is 20.4. The largest absolute Gasteiger partial charge is 0.417 e. The van der Waals surface area contributed by atoms with Crippen molar-refractivity contribution >= 4 is 35.1 Å². The Morgan fingerprint density at radius 2 is 2.00 bits per heavy atom. The molecule has 0 spiro atoms. The minimum absolute atomic E-state index is 0.0944. The lowest BCUT2D eigenvalue weighted by molar-refractivity contribution is -0.137. The van der Waals surface area contributed by atoms with Crippen LogP contribution in [-0.4, -0.2) is 34.0 Å². The van der Waals surface area contributed by atoms with E-state index < -0.39 is 11.7 Å². The lowest BCUT2D eigenvalue weighted by Crippen LogP contribution is -2.26. The van der Waals surface area contributed by atoms with Gasteiger partial charge in [0.1, 0.15) is 10.7 Å². The Morgan fingerprint density at radius 1 is 1.33 bits per heavy atom. The van der Waals surface area contributed by atoms with Gasteiger partial charge in [0.05, 0.1) is 10.6 Å². The van der Waals surface area contributed by atoms with E-state index in [4.69, 9.17) is 11.6 Å². The second-order valence-corrected chi connectivity index (χ2v) is 7.29. The molecule has 27 heavy (non-hydrogen) atoms. The highest BCUT2D eigenvalue weighted by atomic mass is 35.5. The number of carbonyl (C=O) groups is 2. The van der Waals surface area contributed by atoms with Gasteiger partial charge in [-0.05, 0) is 32.4 Å². The number of nitrogens with zero attached hydrogens (tertiary/aromatic N) is 1. The second kappa shape index (κ2) is 8.35. The van der Waals surface area contributed by atoms with Crippen molar-refractivity contribution in [2.45, 2.75) is 32.0 Å². The van der Waals surface area contributed by atoms with Crippen LogP contribution >= 0.6 is 23.4 Å². The number of hydrogen-bond acceptors (Lipinski definition) is 4. The van der Waals surface area contributed by atoms with Crippen LogP contribution < -0.4 is 5.32 Å². The number of H-pyrrole nitrogens is 1. The van der Waals surface area contributed by atoms with E-state index in [2.05, 4.69) is 15.3 Å². The number of ketones is 1. The molecule has 0 saturated carbocycles. The molecule has 0 atom stereocenters. The first-order chi connectivity index (χ1) is 12.5. The van der Waals surface area contributed by atoms with Gasteiger partial charge in [0.2, 0.25) is 0 Å². The van der Waals surface area contributed by atoms with E-state index in [1.165, 1.54) is 6.92 Å². The van der Waals surface area contributed by atoms with E-state index in [0.29, 0.717) is 28.3 Å². The molecule has 2 N–H and O–H groups in total. The van der Waals surface area contributed by atoms with Gasteiger partial charge >= 0.3 is 6.18 Å². The van der Waals surface area contributed by atoms with Crippen LogP contribution in [0.15, 0.2) is 17.3 Å². The highest BCUT2D eigenvalue weighted by Crippen LogP contribution is 2.33. The van der Waals surface area contributed by atoms with Crippen LogP contribution in [0.3, 0.4) is 0 Å². The molecule has 0 aliphatic carbocycles. The molecule has 2 aromatic rings. The third kappa shape index (κ3) is 5.04. The summed E-state index contributed by atoms with van der Waals surface area (Å²) in [7, 11) is 0. The summed E-state index contributed by atoms with van der Waals surface area (Å²) in [6, 6.07) is 0.823. The quantitative estimate of drug-likeness (QED) is 0.413. The monoisotopic (exact) mass is 419 g/mol. The molecule has 0 aliphatic rings.